The van der Waals surface area contributed by atoms with Crippen molar-refractivity contribution in [2.75, 3.05) is 26.1 Å². The van der Waals surface area contributed by atoms with Crippen LogP contribution in [0, 0.1) is 17.8 Å². The molecule has 1 fully saturated rings. The third-order valence-electron chi connectivity index (χ3n) is 4.24. The van der Waals surface area contributed by atoms with E-state index in [1.54, 1.807) is 11.8 Å². The second-order valence-corrected chi connectivity index (χ2v) is 5.81. The van der Waals surface area contributed by atoms with Crippen LogP contribution in [0.5, 0.6) is 0 Å². The lowest BCUT2D eigenvalue weighted by Crippen LogP contribution is -2.45. The molecule has 2 rings (SSSR count). The Balaban J connectivity index is 2.55. The van der Waals surface area contributed by atoms with Crippen LogP contribution in [0.1, 0.15) is 71.9 Å². The zero-order valence-electron chi connectivity index (χ0n) is 29.2. The lowest BCUT2D eigenvalue weighted by molar-refractivity contribution is -0.174. The van der Waals surface area contributed by atoms with Crippen LogP contribution in [0.15, 0.2) is 30.2 Å². The second kappa shape index (κ2) is 10.4. The highest BCUT2D eigenvalue weighted by Crippen LogP contribution is 2.40. The van der Waals surface area contributed by atoms with E-state index in [2.05, 4.69) is 0 Å². The Morgan fingerprint density at radius 3 is 2.65 bits per heavy atom. The summed E-state index contributed by atoms with van der Waals surface area (Å²) >= 11 is 0. The number of nitrogens with zero attached hydrogens (tertiary/aromatic N) is 1. The van der Waals surface area contributed by atoms with E-state index in [1.807, 2.05) is 0 Å². The highest BCUT2D eigenvalue weighted by molar-refractivity contribution is 5.81. The van der Waals surface area contributed by atoms with Gasteiger partial charge in [0.2, 0.25) is 0 Å². The predicted octanol–water partition coefficient (Wildman–Crippen LogP) is 3.34. The van der Waals surface area contributed by atoms with Gasteiger partial charge in [-0.25, -0.2) is 4.79 Å². The molecular formula is C22H31NO3. The summed E-state index contributed by atoms with van der Waals surface area (Å²) in [5.41, 5.74) is -3.68. The van der Waals surface area contributed by atoms with Crippen molar-refractivity contribution in [1.82, 2.24) is 4.90 Å². The van der Waals surface area contributed by atoms with Gasteiger partial charge in [0.15, 0.2) is 12.2 Å². The van der Waals surface area contributed by atoms with E-state index in [4.69, 9.17) is 25.3 Å². The largest absolute Gasteiger partial charge is 0.450 e. The van der Waals surface area contributed by atoms with Gasteiger partial charge < -0.3 is 9.84 Å². The van der Waals surface area contributed by atoms with Gasteiger partial charge in [-0.1, -0.05) is 75.0 Å². The van der Waals surface area contributed by atoms with E-state index in [9.17, 15) is 9.90 Å². The molecule has 0 amide bonds. The minimum Gasteiger partial charge on any atom is -0.450 e. The molecule has 0 aliphatic heterocycles. The average Bonchev–Trinajstić information content (AvgIpc) is 2.83. The first-order chi connectivity index (χ1) is 18.4. The predicted molar refractivity (Wildman–Crippen MR) is 103 cm³/mol. The summed E-state index contributed by atoms with van der Waals surface area (Å²) in [6.45, 7) is -14.1. The van der Waals surface area contributed by atoms with Crippen LogP contribution >= 0.6 is 0 Å². The van der Waals surface area contributed by atoms with Gasteiger partial charge in [0.05, 0.1) is 18.8 Å². The first kappa shape index (κ1) is 8.04. The SMILES string of the molecule is [2H]c1c([2H])c([2H])c(C(O)(C(=O)OC([2H])([2H])C#CC([2H])([2H])N(CC([2H])([2H])[2H])CC([2H])([2H])[2H])C2CCCCC2)c([2H])c1[2H]. The number of carbonyl (C=O) groups excluding carboxylic acids is 1. The third-order valence-corrected chi connectivity index (χ3v) is 4.24. The quantitative estimate of drug-likeness (QED) is 0.589. The number of esters is 1. The highest BCUT2D eigenvalue weighted by Gasteiger charge is 2.46. The molecular weight excluding hydrogens is 326 g/mol. The Bertz CT molecular complexity index is 1150. The van der Waals surface area contributed by atoms with Crippen molar-refractivity contribution in [3.63, 3.8) is 0 Å². The third kappa shape index (κ3) is 5.09. The van der Waals surface area contributed by atoms with Gasteiger partial charge in [-0.2, -0.15) is 0 Å². The van der Waals surface area contributed by atoms with Crippen molar-refractivity contribution in [2.45, 2.75) is 51.4 Å². The Kier molecular flexibility index (Phi) is 3.20. The normalized spacial score (nSPS) is 27.7. The van der Waals surface area contributed by atoms with Gasteiger partial charge >= 0.3 is 5.97 Å². The van der Waals surface area contributed by atoms with E-state index in [0.717, 1.165) is 6.42 Å². The summed E-state index contributed by atoms with van der Waals surface area (Å²) in [6.07, 6.45) is 2.16. The second-order valence-electron chi connectivity index (χ2n) is 5.81. The number of carbonyl (C=O) groups is 1. The number of ether oxygens (including phenoxy) is 1. The molecule has 1 saturated carbocycles. The van der Waals surface area contributed by atoms with Crippen LogP contribution in [-0.4, -0.2) is 42.1 Å². The summed E-state index contributed by atoms with van der Waals surface area (Å²) < 4.78 is 122. The number of aliphatic hydroxyl groups is 1. The van der Waals surface area contributed by atoms with E-state index >= 15 is 0 Å². The number of benzene rings is 1. The molecule has 0 bridgehead atoms. The lowest BCUT2D eigenvalue weighted by Gasteiger charge is -2.36. The smallest absolute Gasteiger partial charge is 0.344 e. The van der Waals surface area contributed by atoms with Gasteiger partial charge in [-0.05, 0) is 31.5 Å². The molecule has 0 heterocycles. The summed E-state index contributed by atoms with van der Waals surface area (Å²) in [5.74, 6) is 0.768. The molecule has 1 unspecified atom stereocenters. The summed E-state index contributed by atoms with van der Waals surface area (Å²) in [6, 6.07) is -4.20. The van der Waals surface area contributed by atoms with E-state index in [0.29, 0.717) is 17.7 Å². The molecule has 0 spiro atoms. The molecule has 0 aromatic heterocycles. The molecule has 142 valence electrons. The molecule has 1 aromatic rings. The van der Waals surface area contributed by atoms with E-state index < -0.39 is 93.1 Å². The summed E-state index contributed by atoms with van der Waals surface area (Å²) in [4.78, 5) is 13.8. The van der Waals surface area contributed by atoms with Crippen molar-refractivity contribution >= 4 is 5.97 Å². The highest BCUT2D eigenvalue weighted by atomic mass is 16.5. The van der Waals surface area contributed by atoms with Crippen LogP contribution in [0.4, 0.5) is 0 Å². The van der Waals surface area contributed by atoms with Crippen molar-refractivity contribution in [1.29, 1.82) is 0 Å². The van der Waals surface area contributed by atoms with Crippen LogP contribution in [-0.2, 0) is 15.1 Å². The fourth-order valence-corrected chi connectivity index (χ4v) is 2.85. The van der Waals surface area contributed by atoms with Gasteiger partial charge in [-0.3, -0.25) is 4.90 Å². The summed E-state index contributed by atoms with van der Waals surface area (Å²) in [7, 11) is 0. The van der Waals surface area contributed by atoms with E-state index in [1.165, 1.54) is 0 Å². The maximum absolute atomic E-state index is 13.5. The van der Waals surface area contributed by atoms with Crippen molar-refractivity contribution in [2.24, 2.45) is 5.92 Å². The lowest BCUT2D eigenvalue weighted by atomic mass is 9.73. The molecule has 1 aliphatic rings. The molecule has 0 saturated heterocycles. The molecule has 1 aliphatic carbocycles. The topological polar surface area (TPSA) is 49.8 Å². The fraction of sp³-hybridized carbons (Fsp3) is 0.591. The Hall–Kier alpha value is -1.83. The number of rotatable bonds is 7. The van der Waals surface area contributed by atoms with Crippen LogP contribution in [0.2, 0.25) is 0 Å². The molecule has 4 nitrogen and oxygen atoms in total. The maximum Gasteiger partial charge on any atom is 0.344 e. The number of hydrogen-bond acceptors (Lipinski definition) is 4. The van der Waals surface area contributed by atoms with Gasteiger partial charge in [0, 0.05) is 14.1 Å². The Morgan fingerprint density at radius 2 is 2.00 bits per heavy atom. The molecule has 1 atom stereocenters. The molecule has 1 aromatic carbocycles. The zero-order chi connectivity index (χ0) is 31.8. The fourth-order valence-electron chi connectivity index (χ4n) is 2.85. The number of hydrogen-bond donors (Lipinski definition) is 1. The van der Waals surface area contributed by atoms with Crippen LogP contribution < -0.4 is 0 Å². The van der Waals surface area contributed by atoms with Gasteiger partial charge in [0.1, 0.15) is 0 Å². The van der Waals surface area contributed by atoms with E-state index in [-0.39, 0.29) is 12.8 Å². The minimum atomic E-state index is -3.34. The first-order valence-corrected chi connectivity index (χ1v) is 8.25. The van der Waals surface area contributed by atoms with Gasteiger partial charge in [0.25, 0.3) is 0 Å². The first-order valence-electron chi connectivity index (χ1n) is 15.8. The van der Waals surface area contributed by atoms with Crippen molar-refractivity contribution in [3.8, 4) is 11.8 Å². The molecule has 1 N–H and O–H groups in total. The average molecular weight is 373 g/mol. The minimum absolute atomic E-state index is 0.185. The van der Waals surface area contributed by atoms with Crippen LogP contribution in [0.3, 0.4) is 0 Å². The van der Waals surface area contributed by atoms with Crippen LogP contribution in [0.25, 0.3) is 0 Å². The standard InChI is InChI=1S/C22H31NO3/c1-3-23(4-2)17-11-12-18-26-21(24)22(25,19-13-7-5-8-14-19)20-15-9-6-10-16-20/h5,7-8,13-14,20,25H,3-4,6,9-10,15-18H2,1-2H3/i1D3,2D3,5D,7D,8D,13D,14D,17D2,18D2. The van der Waals surface area contributed by atoms with Crippen molar-refractivity contribution in [3.05, 3.63) is 35.8 Å². The maximum atomic E-state index is 13.5. The molecule has 4 heteroatoms. The summed E-state index contributed by atoms with van der Waals surface area (Å²) in [5, 5.41) is 11.7. The van der Waals surface area contributed by atoms with Gasteiger partial charge in [-0.15, -0.1) is 0 Å². The molecule has 0 radical (unpaired) electrons. The van der Waals surface area contributed by atoms with Crippen molar-refractivity contribution < 1.29 is 35.2 Å². The molecule has 26 heavy (non-hydrogen) atoms. The monoisotopic (exact) mass is 372 g/mol. The Labute approximate surface area is 178 Å². The zero-order valence-corrected chi connectivity index (χ0v) is 14.2. The Morgan fingerprint density at radius 1 is 1.31 bits per heavy atom.